The molecule has 5 amide bonds. The molecule has 1 aliphatic heterocycles. The van der Waals surface area contributed by atoms with Gasteiger partial charge >= 0.3 is 0 Å². The highest BCUT2D eigenvalue weighted by Gasteiger charge is 2.27. The first kappa shape index (κ1) is 42.0. The lowest BCUT2D eigenvalue weighted by molar-refractivity contribution is -0.128. The summed E-state index contributed by atoms with van der Waals surface area (Å²) in [7, 11) is 0. The number of benzene rings is 3. The highest BCUT2D eigenvalue weighted by molar-refractivity contribution is 6.04. The zero-order valence-electron chi connectivity index (χ0n) is 33.4. The number of nitrogens with zero attached hydrogens (tertiary/aromatic N) is 2. The van der Waals surface area contributed by atoms with Crippen molar-refractivity contribution in [2.45, 2.75) is 79.3 Å². The van der Waals surface area contributed by atoms with Gasteiger partial charge in [-0.2, -0.15) is 0 Å². The Morgan fingerprint density at radius 1 is 0.930 bits per heavy atom. The normalized spacial score (nSPS) is 15.0. The molecule has 4 aromatic rings. The van der Waals surface area contributed by atoms with Crippen LogP contribution in [-0.2, 0) is 32.0 Å². The third-order valence-corrected chi connectivity index (χ3v) is 9.62. The molecule has 0 fully saturated rings. The molecule has 8 N–H and O–H groups in total. The average Bonchev–Trinajstić information content (AvgIpc) is 3.13. The van der Waals surface area contributed by atoms with Crippen LogP contribution in [0.2, 0.25) is 0 Å². The van der Waals surface area contributed by atoms with E-state index in [0.29, 0.717) is 57.3 Å². The second-order valence-corrected chi connectivity index (χ2v) is 15.6. The SMILES string of the molecule is Cc1cc2cc(c1NC(=O)[C@H](CCN)NC(=O)c1c(C)nc(-c3ccc(OCCC(C)(C)C)cc3)nc1C)-c1cccc(c1)CC(=O)NCC(=O)NC(C(N)=O)C2. The first-order chi connectivity index (χ1) is 27.0. The van der Waals surface area contributed by atoms with Crippen LogP contribution in [0.3, 0.4) is 0 Å². The molecule has 5 rings (SSSR count). The van der Waals surface area contributed by atoms with Crippen LogP contribution in [0.25, 0.3) is 22.5 Å². The number of primary amides is 1. The van der Waals surface area contributed by atoms with E-state index in [1.807, 2.05) is 42.5 Å². The number of hydrogen-bond acceptors (Lipinski definition) is 9. The maximum Gasteiger partial charge on any atom is 0.255 e. The van der Waals surface area contributed by atoms with Gasteiger partial charge in [-0.15, -0.1) is 0 Å². The minimum atomic E-state index is -1.05. The predicted octanol–water partition coefficient (Wildman–Crippen LogP) is 3.82. The lowest BCUT2D eigenvalue weighted by atomic mass is 9.93. The van der Waals surface area contributed by atoms with E-state index in [1.165, 1.54) is 0 Å². The summed E-state index contributed by atoms with van der Waals surface area (Å²) in [6, 6.07) is 16.3. The van der Waals surface area contributed by atoms with Crippen molar-refractivity contribution in [1.29, 1.82) is 0 Å². The van der Waals surface area contributed by atoms with E-state index in [4.69, 9.17) is 16.2 Å². The molecule has 1 aromatic heterocycles. The second-order valence-electron chi connectivity index (χ2n) is 15.6. The summed E-state index contributed by atoms with van der Waals surface area (Å²) in [6.45, 7) is 12.2. The molecule has 2 atom stereocenters. The summed E-state index contributed by atoms with van der Waals surface area (Å²) in [5.74, 6) is -1.50. The van der Waals surface area contributed by atoms with Crippen molar-refractivity contribution in [2.24, 2.45) is 16.9 Å². The fourth-order valence-electron chi connectivity index (χ4n) is 6.58. The van der Waals surface area contributed by atoms with Crippen LogP contribution in [0.15, 0.2) is 60.7 Å². The maximum atomic E-state index is 14.1. The molecule has 1 unspecified atom stereocenters. The second kappa shape index (κ2) is 18.2. The molecule has 0 aliphatic carbocycles. The summed E-state index contributed by atoms with van der Waals surface area (Å²) < 4.78 is 5.90. The molecule has 4 bridgehead atoms. The van der Waals surface area contributed by atoms with Crippen LogP contribution in [0.4, 0.5) is 5.69 Å². The maximum absolute atomic E-state index is 14.1. The molecular weight excluding hydrogens is 725 g/mol. The Balaban J connectivity index is 1.39. The number of hydrogen-bond donors (Lipinski definition) is 6. The molecule has 0 spiro atoms. The highest BCUT2D eigenvalue weighted by Crippen LogP contribution is 2.34. The van der Waals surface area contributed by atoms with Crippen LogP contribution < -0.4 is 37.5 Å². The topological polar surface area (TPSA) is 221 Å². The van der Waals surface area contributed by atoms with Gasteiger partial charge in [-0.3, -0.25) is 24.0 Å². The first-order valence-corrected chi connectivity index (χ1v) is 19.0. The molecule has 0 radical (unpaired) electrons. The largest absolute Gasteiger partial charge is 0.494 e. The number of nitrogens with two attached hydrogens (primary N) is 2. The fraction of sp³-hybridized carbons (Fsp3) is 0.372. The van der Waals surface area contributed by atoms with Crippen molar-refractivity contribution in [3.8, 4) is 28.3 Å². The van der Waals surface area contributed by atoms with E-state index in [0.717, 1.165) is 17.7 Å². The van der Waals surface area contributed by atoms with Gasteiger partial charge in [0.05, 0.1) is 42.2 Å². The third kappa shape index (κ3) is 11.2. The molecule has 14 heteroatoms. The summed E-state index contributed by atoms with van der Waals surface area (Å²) in [5, 5.41) is 11.0. The minimum Gasteiger partial charge on any atom is -0.494 e. The van der Waals surface area contributed by atoms with Gasteiger partial charge in [0.2, 0.25) is 23.6 Å². The number of rotatable bonds is 11. The highest BCUT2D eigenvalue weighted by atomic mass is 16.5. The van der Waals surface area contributed by atoms with Gasteiger partial charge < -0.3 is 37.5 Å². The summed E-state index contributed by atoms with van der Waals surface area (Å²) in [6.07, 6.45) is 1.12. The van der Waals surface area contributed by atoms with Crippen molar-refractivity contribution in [3.05, 3.63) is 94.3 Å². The van der Waals surface area contributed by atoms with Crippen molar-refractivity contribution in [3.63, 3.8) is 0 Å². The van der Waals surface area contributed by atoms with Crippen LogP contribution in [0, 0.1) is 26.2 Å². The quantitative estimate of drug-likeness (QED) is 0.130. The van der Waals surface area contributed by atoms with E-state index in [9.17, 15) is 24.0 Å². The van der Waals surface area contributed by atoms with E-state index in [1.54, 1.807) is 39.0 Å². The number of aryl methyl sites for hydroxylation is 3. The lowest BCUT2D eigenvalue weighted by Gasteiger charge is -2.23. The van der Waals surface area contributed by atoms with E-state index in [-0.39, 0.29) is 49.2 Å². The summed E-state index contributed by atoms with van der Waals surface area (Å²) in [5.41, 5.74) is 17.4. The Morgan fingerprint density at radius 3 is 2.28 bits per heavy atom. The van der Waals surface area contributed by atoms with Gasteiger partial charge in [0, 0.05) is 17.5 Å². The number of carbonyl (C=O) groups is 5. The molecule has 3 aromatic carbocycles. The Labute approximate surface area is 333 Å². The van der Waals surface area contributed by atoms with Crippen molar-refractivity contribution in [1.82, 2.24) is 25.9 Å². The lowest BCUT2D eigenvalue weighted by Crippen LogP contribution is -2.49. The molecule has 0 saturated carbocycles. The van der Waals surface area contributed by atoms with Gasteiger partial charge in [-0.25, -0.2) is 9.97 Å². The number of ether oxygens (including phenoxy) is 1. The first-order valence-electron chi connectivity index (χ1n) is 19.0. The molecule has 1 aliphatic rings. The third-order valence-electron chi connectivity index (χ3n) is 9.62. The molecule has 300 valence electrons. The Morgan fingerprint density at radius 2 is 1.63 bits per heavy atom. The van der Waals surface area contributed by atoms with Gasteiger partial charge in [0.1, 0.15) is 17.8 Å². The molecule has 2 heterocycles. The van der Waals surface area contributed by atoms with Crippen molar-refractivity contribution in [2.75, 3.05) is 25.0 Å². The van der Waals surface area contributed by atoms with Gasteiger partial charge in [-0.1, -0.05) is 51.1 Å². The van der Waals surface area contributed by atoms with Gasteiger partial charge in [-0.05, 0) is 98.2 Å². The Hall–Kier alpha value is -6.15. The predicted molar refractivity (Wildman–Crippen MR) is 218 cm³/mol. The average molecular weight is 777 g/mol. The number of amides is 5. The van der Waals surface area contributed by atoms with Crippen molar-refractivity contribution >= 4 is 35.2 Å². The van der Waals surface area contributed by atoms with Gasteiger partial charge in [0.15, 0.2) is 5.82 Å². The number of aromatic nitrogens is 2. The fourth-order valence-corrected chi connectivity index (χ4v) is 6.58. The molecule has 0 saturated heterocycles. The Kier molecular flexibility index (Phi) is 13.4. The van der Waals surface area contributed by atoms with E-state index >= 15 is 0 Å². The van der Waals surface area contributed by atoms with Crippen LogP contribution in [0.1, 0.15) is 72.0 Å². The number of fused-ring (bicyclic) bond motifs is 5. The zero-order chi connectivity index (χ0) is 41.4. The molecule has 14 nitrogen and oxygen atoms in total. The molecule has 57 heavy (non-hydrogen) atoms. The number of anilines is 1. The Bertz CT molecular complexity index is 2140. The standard InChI is InChI=1S/C43H52N8O6/c1-24-18-28-20-32(30-9-7-8-27(19-30)22-35(52)46-23-36(53)49-34(21-28)39(45)54)38(24)51-41(55)33(14-16-44)50-42(56)37-25(2)47-40(48-26(37)3)29-10-12-31(13-11-29)57-17-15-43(4,5)6/h7-13,18-20,33-34H,14-17,21-23,44H2,1-6H3,(H2,45,54)(H,46,52)(H,49,53)(H,50,56)(H,51,55)/t33-,34?/m0/s1. The zero-order valence-corrected chi connectivity index (χ0v) is 33.4. The van der Waals surface area contributed by atoms with Crippen molar-refractivity contribution < 1.29 is 28.7 Å². The number of carbonyl (C=O) groups excluding carboxylic acids is 5. The monoisotopic (exact) mass is 776 g/mol. The van der Waals surface area contributed by atoms with Crippen LogP contribution in [-0.4, -0.2) is 71.3 Å². The number of nitrogens with one attached hydrogen (secondary N) is 4. The van der Waals surface area contributed by atoms with Crippen LogP contribution >= 0.6 is 0 Å². The smallest absolute Gasteiger partial charge is 0.255 e. The summed E-state index contributed by atoms with van der Waals surface area (Å²) in [4.78, 5) is 74.8. The van der Waals surface area contributed by atoms with Gasteiger partial charge in [0.25, 0.3) is 5.91 Å². The molecular formula is C43H52N8O6. The van der Waals surface area contributed by atoms with Crippen LogP contribution in [0.5, 0.6) is 5.75 Å². The van der Waals surface area contributed by atoms with E-state index in [2.05, 4.69) is 52.0 Å². The minimum absolute atomic E-state index is 0.00600. The van der Waals surface area contributed by atoms with E-state index < -0.39 is 35.7 Å². The summed E-state index contributed by atoms with van der Waals surface area (Å²) >= 11 is 0.